The molecule has 1 fully saturated rings. The zero-order valence-corrected chi connectivity index (χ0v) is 17.7. The van der Waals surface area contributed by atoms with Gasteiger partial charge in [-0.3, -0.25) is 9.78 Å². The van der Waals surface area contributed by atoms with Crippen LogP contribution in [0.4, 0.5) is 0 Å². The van der Waals surface area contributed by atoms with Crippen LogP contribution in [0.25, 0.3) is 10.9 Å². The molecule has 5 nitrogen and oxygen atoms in total. The number of nitrogens with zero attached hydrogens (tertiary/aromatic N) is 1. The molecule has 0 radical (unpaired) electrons. The molecule has 0 bridgehead atoms. The Labute approximate surface area is 181 Å². The molecule has 4 rings (SSSR count). The maximum Gasteiger partial charge on any atom is 0.252 e. The Morgan fingerprint density at radius 3 is 2.97 bits per heavy atom. The number of hydrogen-bond donors (Lipinski definition) is 1. The lowest BCUT2D eigenvalue weighted by Crippen LogP contribution is -2.26. The second-order valence-electron chi connectivity index (χ2n) is 7.23. The number of fused-ring (bicyclic) bond motifs is 1. The number of nitrogens with one attached hydrogen (secondary N) is 1. The molecule has 0 spiro atoms. The predicted octanol–water partition coefficient (Wildman–Crippen LogP) is 4.70. The van der Waals surface area contributed by atoms with E-state index in [4.69, 9.17) is 9.47 Å². The van der Waals surface area contributed by atoms with Gasteiger partial charge in [-0.2, -0.15) is 0 Å². The highest BCUT2D eigenvalue weighted by atomic mass is 32.2. The highest BCUT2D eigenvalue weighted by Gasteiger charge is 2.17. The minimum absolute atomic E-state index is 0.0442. The summed E-state index contributed by atoms with van der Waals surface area (Å²) in [6.07, 6.45) is 5.02. The number of rotatable bonds is 9. The Hall–Kier alpha value is -2.57. The SMILES string of the molecule is O=C(NCCCOc1cccc2cccnc12)c1ccccc1SCC1CCCO1. The van der Waals surface area contributed by atoms with E-state index in [1.807, 2.05) is 54.6 Å². The van der Waals surface area contributed by atoms with Crippen molar-refractivity contribution >= 4 is 28.6 Å². The first-order chi connectivity index (χ1) is 14.8. The lowest BCUT2D eigenvalue weighted by molar-refractivity contribution is 0.0948. The third-order valence-electron chi connectivity index (χ3n) is 5.04. The first kappa shape index (κ1) is 20.7. The van der Waals surface area contributed by atoms with Crippen molar-refractivity contribution in [2.45, 2.75) is 30.3 Å². The van der Waals surface area contributed by atoms with E-state index in [0.717, 1.165) is 58.7 Å². The van der Waals surface area contributed by atoms with Crippen LogP contribution in [0, 0.1) is 0 Å². The lowest BCUT2D eigenvalue weighted by atomic mass is 10.2. The molecule has 1 atom stereocenters. The molecule has 6 heteroatoms. The van der Waals surface area contributed by atoms with Gasteiger partial charge in [-0.25, -0.2) is 0 Å². The van der Waals surface area contributed by atoms with Gasteiger partial charge in [-0.15, -0.1) is 11.8 Å². The van der Waals surface area contributed by atoms with E-state index >= 15 is 0 Å². The van der Waals surface area contributed by atoms with Crippen LogP contribution >= 0.6 is 11.8 Å². The molecule has 1 aliphatic heterocycles. The fraction of sp³-hybridized carbons (Fsp3) is 0.333. The molecule has 2 aromatic carbocycles. The molecule has 156 valence electrons. The Balaban J connectivity index is 1.25. The molecule has 1 saturated heterocycles. The van der Waals surface area contributed by atoms with E-state index in [1.54, 1.807) is 18.0 Å². The fourth-order valence-corrected chi connectivity index (χ4v) is 4.60. The van der Waals surface area contributed by atoms with E-state index in [9.17, 15) is 4.79 Å². The second-order valence-corrected chi connectivity index (χ2v) is 8.29. The molecule has 1 N–H and O–H groups in total. The molecule has 2 heterocycles. The topological polar surface area (TPSA) is 60.5 Å². The van der Waals surface area contributed by atoms with Crippen LogP contribution in [0.15, 0.2) is 65.7 Å². The van der Waals surface area contributed by atoms with Gasteiger partial charge in [0, 0.05) is 35.4 Å². The second kappa shape index (κ2) is 10.5. The number of pyridine rings is 1. The summed E-state index contributed by atoms with van der Waals surface area (Å²) in [6.45, 7) is 1.93. The van der Waals surface area contributed by atoms with Crippen LogP contribution in [0.3, 0.4) is 0 Å². The van der Waals surface area contributed by atoms with Crippen molar-refractivity contribution in [3.05, 3.63) is 66.4 Å². The minimum Gasteiger partial charge on any atom is -0.491 e. The van der Waals surface area contributed by atoms with Crippen molar-refractivity contribution < 1.29 is 14.3 Å². The van der Waals surface area contributed by atoms with E-state index in [2.05, 4.69) is 10.3 Å². The van der Waals surface area contributed by atoms with Gasteiger partial charge in [-0.1, -0.05) is 30.3 Å². The van der Waals surface area contributed by atoms with E-state index in [-0.39, 0.29) is 5.91 Å². The largest absolute Gasteiger partial charge is 0.491 e. The smallest absolute Gasteiger partial charge is 0.252 e. The molecular weight excluding hydrogens is 396 g/mol. The maximum absolute atomic E-state index is 12.7. The molecule has 1 unspecified atom stereocenters. The third kappa shape index (κ3) is 5.32. The molecule has 1 amide bonds. The monoisotopic (exact) mass is 422 g/mol. The normalized spacial score (nSPS) is 15.9. The van der Waals surface area contributed by atoms with Crippen LogP contribution in [0.5, 0.6) is 5.75 Å². The summed E-state index contributed by atoms with van der Waals surface area (Å²) in [7, 11) is 0. The quantitative estimate of drug-likeness (QED) is 0.400. The van der Waals surface area contributed by atoms with Gasteiger partial charge in [0.15, 0.2) is 0 Å². The van der Waals surface area contributed by atoms with Gasteiger partial charge in [0.25, 0.3) is 5.91 Å². The van der Waals surface area contributed by atoms with Crippen LogP contribution in [-0.2, 0) is 4.74 Å². The molecule has 3 aromatic rings. The predicted molar refractivity (Wildman–Crippen MR) is 120 cm³/mol. The highest BCUT2D eigenvalue weighted by molar-refractivity contribution is 7.99. The Bertz CT molecular complexity index is 984. The molecule has 0 saturated carbocycles. The van der Waals surface area contributed by atoms with Gasteiger partial charge >= 0.3 is 0 Å². The zero-order valence-electron chi connectivity index (χ0n) is 16.9. The van der Waals surface area contributed by atoms with Crippen LogP contribution < -0.4 is 10.1 Å². The van der Waals surface area contributed by atoms with Crippen molar-refractivity contribution in [2.75, 3.05) is 25.5 Å². The number of thioether (sulfide) groups is 1. The Morgan fingerprint density at radius 2 is 2.07 bits per heavy atom. The standard InChI is InChI=1S/C24H26N2O3S/c27-24(20-10-1-2-12-22(20)30-17-19-9-5-15-28-19)26-14-6-16-29-21-11-3-7-18-8-4-13-25-23(18)21/h1-4,7-8,10-13,19H,5-6,9,14-17H2,(H,26,27). The summed E-state index contributed by atoms with van der Waals surface area (Å²) in [5.74, 6) is 1.62. The van der Waals surface area contributed by atoms with E-state index < -0.39 is 0 Å². The van der Waals surface area contributed by atoms with Gasteiger partial charge in [0.2, 0.25) is 0 Å². The zero-order chi connectivity index (χ0) is 20.6. The van der Waals surface area contributed by atoms with Gasteiger partial charge in [0.05, 0.1) is 18.3 Å². The number of benzene rings is 2. The number of hydrogen-bond acceptors (Lipinski definition) is 5. The fourth-order valence-electron chi connectivity index (χ4n) is 3.48. The summed E-state index contributed by atoms with van der Waals surface area (Å²) in [5, 5.41) is 4.07. The maximum atomic E-state index is 12.7. The minimum atomic E-state index is -0.0442. The number of ether oxygens (including phenoxy) is 2. The molecule has 1 aromatic heterocycles. The number of para-hydroxylation sites is 1. The number of carbonyl (C=O) groups excluding carboxylic acids is 1. The first-order valence-electron chi connectivity index (χ1n) is 10.4. The number of carbonyl (C=O) groups is 1. The highest BCUT2D eigenvalue weighted by Crippen LogP contribution is 2.27. The van der Waals surface area contributed by atoms with E-state index in [1.165, 1.54) is 0 Å². The third-order valence-corrected chi connectivity index (χ3v) is 6.25. The van der Waals surface area contributed by atoms with Gasteiger partial charge in [-0.05, 0) is 43.5 Å². The Kier molecular flexibility index (Phi) is 7.21. The van der Waals surface area contributed by atoms with Gasteiger partial charge < -0.3 is 14.8 Å². The average molecular weight is 423 g/mol. The summed E-state index contributed by atoms with van der Waals surface area (Å²) in [5.41, 5.74) is 1.58. The van der Waals surface area contributed by atoms with Crippen molar-refractivity contribution in [1.82, 2.24) is 10.3 Å². The van der Waals surface area contributed by atoms with Crippen LogP contribution in [-0.4, -0.2) is 42.5 Å². The van der Waals surface area contributed by atoms with Crippen molar-refractivity contribution in [3.63, 3.8) is 0 Å². The first-order valence-corrected chi connectivity index (χ1v) is 11.4. The molecule has 30 heavy (non-hydrogen) atoms. The summed E-state index contributed by atoms with van der Waals surface area (Å²) in [6, 6.07) is 17.6. The summed E-state index contributed by atoms with van der Waals surface area (Å²) in [4.78, 5) is 18.1. The lowest BCUT2D eigenvalue weighted by Gasteiger charge is -2.13. The van der Waals surface area contributed by atoms with Gasteiger partial charge in [0.1, 0.15) is 11.3 Å². The number of amides is 1. The van der Waals surface area contributed by atoms with E-state index in [0.29, 0.717) is 19.3 Å². The summed E-state index contributed by atoms with van der Waals surface area (Å²) < 4.78 is 11.6. The average Bonchev–Trinajstić information content (AvgIpc) is 3.31. The Morgan fingerprint density at radius 1 is 1.17 bits per heavy atom. The van der Waals surface area contributed by atoms with Crippen LogP contribution in [0.1, 0.15) is 29.6 Å². The van der Waals surface area contributed by atoms with Crippen molar-refractivity contribution in [1.29, 1.82) is 0 Å². The molecular formula is C24H26N2O3S. The summed E-state index contributed by atoms with van der Waals surface area (Å²) >= 11 is 1.70. The van der Waals surface area contributed by atoms with Crippen LogP contribution in [0.2, 0.25) is 0 Å². The van der Waals surface area contributed by atoms with Crippen molar-refractivity contribution in [3.8, 4) is 5.75 Å². The van der Waals surface area contributed by atoms with Crippen molar-refractivity contribution in [2.24, 2.45) is 0 Å². The number of aromatic nitrogens is 1. The molecule has 0 aliphatic carbocycles. The molecule has 1 aliphatic rings.